The van der Waals surface area contributed by atoms with Gasteiger partial charge in [0.05, 0.1) is 6.04 Å². The van der Waals surface area contributed by atoms with Crippen LogP contribution < -0.4 is 0 Å². The highest BCUT2D eigenvalue weighted by Gasteiger charge is 2.58. The zero-order chi connectivity index (χ0) is 16.7. The van der Waals surface area contributed by atoms with Gasteiger partial charge in [0.2, 0.25) is 5.91 Å². The summed E-state index contributed by atoms with van der Waals surface area (Å²) in [6.45, 7) is 2.49. The van der Waals surface area contributed by atoms with Crippen LogP contribution in [0.5, 0.6) is 0 Å². The number of piperidine rings is 1. The molecule has 5 nitrogen and oxygen atoms in total. The van der Waals surface area contributed by atoms with E-state index in [2.05, 4.69) is 4.90 Å². The number of carbonyl (C=O) groups excluding carboxylic acids is 1. The number of amides is 1. The Morgan fingerprint density at radius 3 is 2.50 bits per heavy atom. The highest BCUT2D eigenvalue weighted by atomic mass is 16.5. The molecule has 24 heavy (non-hydrogen) atoms. The van der Waals surface area contributed by atoms with Crippen molar-refractivity contribution < 1.29 is 15.0 Å². The largest absolute Gasteiger partial charge is 0.364 e. The molecule has 1 saturated carbocycles. The highest BCUT2D eigenvalue weighted by molar-refractivity contribution is 5.78. The lowest BCUT2D eigenvalue weighted by atomic mass is 9.70. The predicted molar refractivity (Wildman–Crippen MR) is 89.9 cm³/mol. The van der Waals surface area contributed by atoms with Gasteiger partial charge >= 0.3 is 0 Å². The van der Waals surface area contributed by atoms with Crippen LogP contribution in [0.15, 0.2) is 30.3 Å². The third-order valence-electron chi connectivity index (χ3n) is 6.13. The van der Waals surface area contributed by atoms with Gasteiger partial charge in [0.1, 0.15) is 0 Å². The minimum atomic E-state index is -1.78. The Bertz CT molecular complexity index is 598. The fourth-order valence-electron chi connectivity index (χ4n) is 4.91. The maximum absolute atomic E-state index is 12.7. The number of aliphatic hydroxyl groups is 2. The van der Waals surface area contributed by atoms with E-state index >= 15 is 0 Å². The van der Waals surface area contributed by atoms with E-state index in [0.717, 1.165) is 25.1 Å². The van der Waals surface area contributed by atoms with Crippen LogP contribution in [0.1, 0.15) is 37.7 Å². The zero-order valence-electron chi connectivity index (χ0n) is 14.0. The number of nitrogens with zero attached hydrogens (tertiary/aromatic N) is 2. The van der Waals surface area contributed by atoms with E-state index in [9.17, 15) is 15.0 Å². The van der Waals surface area contributed by atoms with E-state index in [0.29, 0.717) is 13.0 Å². The van der Waals surface area contributed by atoms with E-state index in [-0.39, 0.29) is 24.3 Å². The molecule has 3 aliphatic rings. The highest BCUT2D eigenvalue weighted by Crippen LogP contribution is 2.44. The van der Waals surface area contributed by atoms with Crippen molar-refractivity contribution in [3.05, 3.63) is 35.9 Å². The summed E-state index contributed by atoms with van der Waals surface area (Å²) in [4.78, 5) is 16.8. The van der Waals surface area contributed by atoms with Gasteiger partial charge in [0.15, 0.2) is 5.79 Å². The minimum Gasteiger partial charge on any atom is -0.364 e. The van der Waals surface area contributed by atoms with E-state index in [1.807, 2.05) is 30.3 Å². The summed E-state index contributed by atoms with van der Waals surface area (Å²) in [6.07, 6.45) is 4.17. The molecular formula is C19H26N2O3. The van der Waals surface area contributed by atoms with Crippen molar-refractivity contribution in [2.24, 2.45) is 5.92 Å². The van der Waals surface area contributed by atoms with Gasteiger partial charge in [0, 0.05) is 24.9 Å². The number of fused-ring (bicyclic) bond motifs is 2. The molecule has 0 radical (unpaired) electrons. The fourth-order valence-corrected chi connectivity index (χ4v) is 4.91. The average Bonchev–Trinajstić information content (AvgIpc) is 3.08. The first kappa shape index (κ1) is 16.1. The maximum Gasteiger partial charge on any atom is 0.223 e. The van der Waals surface area contributed by atoms with Gasteiger partial charge in [-0.3, -0.25) is 9.69 Å². The van der Waals surface area contributed by atoms with Crippen LogP contribution in [-0.2, 0) is 11.3 Å². The number of hydrogen-bond acceptors (Lipinski definition) is 4. The molecule has 3 fully saturated rings. The lowest BCUT2D eigenvalue weighted by Gasteiger charge is -2.55. The molecule has 2 aliphatic heterocycles. The molecule has 1 aromatic carbocycles. The summed E-state index contributed by atoms with van der Waals surface area (Å²) in [7, 11) is 0. The molecule has 1 amide bonds. The maximum atomic E-state index is 12.7. The molecule has 1 aromatic rings. The molecule has 2 heterocycles. The third kappa shape index (κ3) is 2.65. The number of rotatable bonds is 3. The predicted octanol–water partition coefficient (Wildman–Crippen LogP) is 1.34. The lowest BCUT2D eigenvalue weighted by Crippen LogP contribution is -2.69. The molecule has 2 saturated heterocycles. The zero-order valence-corrected chi connectivity index (χ0v) is 14.0. The molecule has 3 atom stereocenters. The lowest BCUT2D eigenvalue weighted by molar-refractivity contribution is -0.280. The molecule has 4 rings (SSSR count). The molecule has 0 spiro atoms. The molecular weight excluding hydrogens is 304 g/mol. The van der Waals surface area contributed by atoms with Crippen LogP contribution in [0.4, 0.5) is 0 Å². The molecule has 0 unspecified atom stereocenters. The summed E-state index contributed by atoms with van der Waals surface area (Å²) in [6, 6.07) is 9.42. The quantitative estimate of drug-likeness (QED) is 0.821. The number of hydrogen-bond donors (Lipinski definition) is 2. The molecule has 0 aromatic heterocycles. The third-order valence-corrected chi connectivity index (χ3v) is 6.13. The normalized spacial score (nSPS) is 33.0. The number of likely N-dealkylation sites (tertiary alicyclic amines) is 2. The summed E-state index contributed by atoms with van der Waals surface area (Å²) in [5.74, 6) is -2.10. The Balaban J connectivity index is 1.57. The van der Waals surface area contributed by atoms with Crippen molar-refractivity contribution in [1.82, 2.24) is 9.80 Å². The fraction of sp³-hybridized carbons (Fsp3) is 0.632. The first-order valence-electron chi connectivity index (χ1n) is 9.09. The molecule has 130 valence electrons. The van der Waals surface area contributed by atoms with Crippen molar-refractivity contribution in [3.63, 3.8) is 0 Å². The van der Waals surface area contributed by atoms with Gasteiger partial charge in [-0.1, -0.05) is 30.3 Å². The van der Waals surface area contributed by atoms with Gasteiger partial charge in [-0.15, -0.1) is 0 Å². The smallest absolute Gasteiger partial charge is 0.223 e. The van der Waals surface area contributed by atoms with E-state index in [1.165, 1.54) is 12.8 Å². The Hall–Kier alpha value is -1.43. The van der Waals surface area contributed by atoms with E-state index < -0.39 is 11.8 Å². The summed E-state index contributed by atoms with van der Waals surface area (Å²) in [5.41, 5.74) is 1.03. The monoisotopic (exact) mass is 330 g/mol. The minimum absolute atomic E-state index is 0.0523. The van der Waals surface area contributed by atoms with Gasteiger partial charge in [-0.05, 0) is 44.3 Å². The van der Waals surface area contributed by atoms with Crippen molar-refractivity contribution in [3.8, 4) is 0 Å². The molecule has 5 heteroatoms. The van der Waals surface area contributed by atoms with Gasteiger partial charge in [-0.25, -0.2) is 0 Å². The molecule has 1 aliphatic carbocycles. The summed E-state index contributed by atoms with van der Waals surface area (Å²) >= 11 is 0. The van der Waals surface area contributed by atoms with Crippen LogP contribution in [-0.4, -0.2) is 56.9 Å². The standard InChI is InChI=1S/C19H26N2O3/c22-18-12-15-16(20-10-4-5-11-20)8-9-17(19(15,23)24)21(18)13-14-6-2-1-3-7-14/h1-3,6-7,15-17,23-24H,4-5,8-13H2/t15-,16+,17-/m1/s1. The van der Waals surface area contributed by atoms with E-state index in [1.54, 1.807) is 4.90 Å². The van der Waals surface area contributed by atoms with Gasteiger partial charge in [-0.2, -0.15) is 0 Å². The second kappa shape index (κ2) is 6.14. The molecule has 2 N–H and O–H groups in total. The second-order valence-corrected chi connectivity index (χ2v) is 7.50. The van der Waals surface area contributed by atoms with Crippen molar-refractivity contribution in [1.29, 1.82) is 0 Å². The van der Waals surface area contributed by atoms with Crippen LogP contribution in [0.25, 0.3) is 0 Å². The summed E-state index contributed by atoms with van der Waals surface area (Å²) in [5, 5.41) is 21.8. The number of benzene rings is 1. The Labute approximate surface area is 142 Å². The van der Waals surface area contributed by atoms with Crippen LogP contribution in [0.3, 0.4) is 0 Å². The Morgan fingerprint density at radius 1 is 1.08 bits per heavy atom. The Morgan fingerprint density at radius 2 is 1.79 bits per heavy atom. The van der Waals surface area contributed by atoms with Gasteiger partial charge < -0.3 is 15.1 Å². The van der Waals surface area contributed by atoms with Crippen molar-refractivity contribution >= 4 is 5.91 Å². The number of carbonyl (C=O) groups is 1. The first-order valence-corrected chi connectivity index (χ1v) is 9.09. The SMILES string of the molecule is O=C1C[C@@H]2[C@@H](N3CCCC3)CC[C@@H](N1Cc1ccccc1)C2(O)O. The Kier molecular flexibility index (Phi) is 4.11. The van der Waals surface area contributed by atoms with E-state index in [4.69, 9.17) is 0 Å². The van der Waals surface area contributed by atoms with Crippen LogP contribution in [0, 0.1) is 5.92 Å². The van der Waals surface area contributed by atoms with Crippen LogP contribution >= 0.6 is 0 Å². The van der Waals surface area contributed by atoms with Crippen LogP contribution in [0.2, 0.25) is 0 Å². The second-order valence-electron chi connectivity index (χ2n) is 7.50. The first-order chi connectivity index (χ1) is 11.6. The molecule has 2 bridgehead atoms. The average molecular weight is 330 g/mol. The van der Waals surface area contributed by atoms with Gasteiger partial charge in [0.25, 0.3) is 0 Å². The van der Waals surface area contributed by atoms with Crippen molar-refractivity contribution in [2.75, 3.05) is 13.1 Å². The topological polar surface area (TPSA) is 64.0 Å². The van der Waals surface area contributed by atoms with Crippen molar-refractivity contribution in [2.45, 2.75) is 56.5 Å². The summed E-state index contributed by atoms with van der Waals surface area (Å²) < 4.78 is 0.